The van der Waals surface area contributed by atoms with Gasteiger partial charge in [-0.3, -0.25) is 9.69 Å². The summed E-state index contributed by atoms with van der Waals surface area (Å²) in [6.45, 7) is 2.03. The number of ether oxygens (including phenoxy) is 1. The van der Waals surface area contributed by atoms with Crippen molar-refractivity contribution in [2.75, 3.05) is 11.5 Å². The molecule has 0 saturated carbocycles. The number of thiocarbonyl (C=S) groups is 1. The summed E-state index contributed by atoms with van der Waals surface area (Å²) < 4.78 is 18.6. The van der Waals surface area contributed by atoms with E-state index in [1.165, 1.54) is 17.0 Å². The quantitative estimate of drug-likeness (QED) is 0.442. The highest BCUT2D eigenvalue weighted by atomic mass is 32.2. The molecular formula is C19H14FNO3S2. The fraction of sp³-hybridized carbons (Fsp3) is 0.105. The number of hydrogen-bond donors (Lipinski definition) is 0. The number of anilines is 1. The Morgan fingerprint density at radius 2 is 2.00 bits per heavy atom. The van der Waals surface area contributed by atoms with E-state index in [1.807, 2.05) is 0 Å². The number of carbonyl (C=O) groups is 2. The molecule has 1 heterocycles. The van der Waals surface area contributed by atoms with E-state index in [0.717, 1.165) is 11.8 Å². The number of thioether (sulfide) groups is 1. The Kier molecular flexibility index (Phi) is 5.49. The minimum absolute atomic E-state index is 0.284. The third-order valence-electron chi connectivity index (χ3n) is 3.58. The van der Waals surface area contributed by atoms with Crippen molar-refractivity contribution in [1.82, 2.24) is 0 Å². The number of hydrogen-bond acceptors (Lipinski definition) is 5. The molecule has 1 fully saturated rings. The van der Waals surface area contributed by atoms with Crippen molar-refractivity contribution in [2.45, 2.75) is 6.92 Å². The first kappa shape index (κ1) is 18.3. The SMILES string of the molecule is CCOC(=O)c1ccc(N2C(=O)/C(=C/c3cccc(F)c3)SC2=S)cc1. The monoisotopic (exact) mass is 387 g/mol. The lowest BCUT2D eigenvalue weighted by Crippen LogP contribution is -2.27. The number of benzene rings is 2. The molecule has 0 spiro atoms. The van der Waals surface area contributed by atoms with Crippen molar-refractivity contribution in [3.05, 3.63) is 70.4 Å². The van der Waals surface area contributed by atoms with Gasteiger partial charge >= 0.3 is 5.97 Å². The normalized spacial score (nSPS) is 15.6. The number of esters is 1. The molecule has 0 aliphatic carbocycles. The molecular weight excluding hydrogens is 373 g/mol. The Balaban J connectivity index is 1.84. The maximum absolute atomic E-state index is 13.3. The van der Waals surface area contributed by atoms with Crippen LogP contribution in [0.15, 0.2) is 53.4 Å². The van der Waals surface area contributed by atoms with Crippen molar-refractivity contribution in [2.24, 2.45) is 0 Å². The second-order valence-corrected chi connectivity index (χ2v) is 7.02. The topological polar surface area (TPSA) is 46.6 Å². The molecule has 1 amide bonds. The van der Waals surface area contributed by atoms with E-state index in [0.29, 0.717) is 32.6 Å². The van der Waals surface area contributed by atoms with Crippen molar-refractivity contribution >= 4 is 51.9 Å². The summed E-state index contributed by atoms with van der Waals surface area (Å²) in [4.78, 5) is 26.2. The molecule has 2 aromatic rings. The van der Waals surface area contributed by atoms with Gasteiger partial charge < -0.3 is 4.74 Å². The zero-order valence-electron chi connectivity index (χ0n) is 13.8. The highest BCUT2D eigenvalue weighted by molar-refractivity contribution is 8.27. The van der Waals surface area contributed by atoms with Gasteiger partial charge in [-0.25, -0.2) is 9.18 Å². The second-order valence-electron chi connectivity index (χ2n) is 5.34. The average Bonchev–Trinajstić information content (AvgIpc) is 2.89. The van der Waals surface area contributed by atoms with Crippen LogP contribution in [-0.4, -0.2) is 22.8 Å². The van der Waals surface area contributed by atoms with Gasteiger partial charge in [-0.2, -0.15) is 0 Å². The molecule has 7 heteroatoms. The van der Waals surface area contributed by atoms with Gasteiger partial charge in [-0.15, -0.1) is 0 Å². The first-order valence-electron chi connectivity index (χ1n) is 7.80. The predicted molar refractivity (Wildman–Crippen MR) is 104 cm³/mol. The molecule has 4 nitrogen and oxygen atoms in total. The third kappa shape index (κ3) is 3.84. The van der Waals surface area contributed by atoms with Gasteiger partial charge in [0.15, 0.2) is 4.32 Å². The minimum atomic E-state index is -0.421. The van der Waals surface area contributed by atoms with Gasteiger partial charge in [0.25, 0.3) is 5.91 Å². The molecule has 0 aromatic heterocycles. The maximum atomic E-state index is 13.3. The van der Waals surface area contributed by atoms with Crippen LogP contribution in [0.25, 0.3) is 6.08 Å². The van der Waals surface area contributed by atoms with Gasteiger partial charge in [0, 0.05) is 0 Å². The Morgan fingerprint density at radius 1 is 1.27 bits per heavy atom. The first-order valence-corrected chi connectivity index (χ1v) is 9.03. The maximum Gasteiger partial charge on any atom is 0.338 e. The summed E-state index contributed by atoms with van der Waals surface area (Å²) in [5.41, 5.74) is 1.54. The summed E-state index contributed by atoms with van der Waals surface area (Å²) >= 11 is 6.46. The molecule has 2 aromatic carbocycles. The molecule has 3 rings (SSSR count). The smallest absolute Gasteiger partial charge is 0.338 e. The standard InChI is InChI=1S/C19H14FNO3S2/c1-2-24-18(23)13-6-8-15(9-7-13)21-17(22)16(26-19(21)25)11-12-4-3-5-14(20)10-12/h3-11H,2H2,1H3/b16-11-. The molecule has 0 radical (unpaired) electrons. The number of amides is 1. The lowest BCUT2D eigenvalue weighted by atomic mass is 10.2. The zero-order valence-corrected chi connectivity index (χ0v) is 15.4. The summed E-state index contributed by atoms with van der Waals surface area (Å²) in [5, 5.41) is 0. The van der Waals surface area contributed by atoms with E-state index in [2.05, 4.69) is 0 Å². The Labute approximate surface area is 159 Å². The summed E-state index contributed by atoms with van der Waals surface area (Å²) in [6.07, 6.45) is 1.61. The number of rotatable bonds is 4. The van der Waals surface area contributed by atoms with Crippen LogP contribution in [-0.2, 0) is 9.53 Å². The lowest BCUT2D eigenvalue weighted by molar-refractivity contribution is -0.113. The van der Waals surface area contributed by atoms with Crippen LogP contribution in [0.2, 0.25) is 0 Å². The third-order valence-corrected chi connectivity index (χ3v) is 4.88. The first-order chi connectivity index (χ1) is 12.5. The highest BCUT2D eigenvalue weighted by Crippen LogP contribution is 2.36. The zero-order chi connectivity index (χ0) is 18.7. The summed E-state index contributed by atoms with van der Waals surface area (Å²) in [5.74, 6) is -1.08. The van der Waals surface area contributed by atoms with Crippen molar-refractivity contribution in [3.8, 4) is 0 Å². The average molecular weight is 387 g/mol. The van der Waals surface area contributed by atoms with Crippen LogP contribution in [0.4, 0.5) is 10.1 Å². The van der Waals surface area contributed by atoms with Crippen molar-refractivity contribution in [1.29, 1.82) is 0 Å². The van der Waals surface area contributed by atoms with Gasteiger partial charge in [-0.05, 0) is 55.0 Å². The summed E-state index contributed by atoms with van der Waals surface area (Å²) in [7, 11) is 0. The van der Waals surface area contributed by atoms with Gasteiger partial charge in [-0.1, -0.05) is 36.1 Å². The van der Waals surface area contributed by atoms with Gasteiger partial charge in [0.05, 0.1) is 22.8 Å². The number of halogens is 1. The van der Waals surface area contributed by atoms with Crippen LogP contribution >= 0.6 is 24.0 Å². The molecule has 132 valence electrons. The number of carbonyl (C=O) groups excluding carboxylic acids is 2. The lowest BCUT2D eigenvalue weighted by Gasteiger charge is -2.14. The molecule has 26 heavy (non-hydrogen) atoms. The van der Waals surface area contributed by atoms with Crippen LogP contribution in [0.3, 0.4) is 0 Å². The van der Waals surface area contributed by atoms with E-state index in [-0.39, 0.29) is 11.7 Å². The van der Waals surface area contributed by atoms with E-state index in [1.54, 1.807) is 49.4 Å². The summed E-state index contributed by atoms with van der Waals surface area (Å²) in [6, 6.07) is 12.4. The Bertz CT molecular complexity index is 909. The molecule has 0 unspecified atom stereocenters. The van der Waals surface area contributed by atoms with Crippen molar-refractivity contribution < 1.29 is 18.7 Å². The minimum Gasteiger partial charge on any atom is -0.462 e. The van der Waals surface area contributed by atoms with Crippen LogP contribution in [0.1, 0.15) is 22.8 Å². The molecule has 0 bridgehead atoms. The highest BCUT2D eigenvalue weighted by Gasteiger charge is 2.33. The van der Waals surface area contributed by atoms with Crippen LogP contribution < -0.4 is 4.90 Å². The fourth-order valence-corrected chi connectivity index (χ4v) is 3.70. The molecule has 1 aliphatic heterocycles. The molecule has 1 aliphatic rings. The van der Waals surface area contributed by atoms with Crippen molar-refractivity contribution in [3.63, 3.8) is 0 Å². The molecule has 0 atom stereocenters. The van der Waals surface area contributed by atoms with Gasteiger partial charge in [0.1, 0.15) is 5.82 Å². The molecule has 0 N–H and O–H groups in total. The van der Waals surface area contributed by atoms with Gasteiger partial charge in [0.2, 0.25) is 0 Å². The Hall–Kier alpha value is -2.51. The van der Waals surface area contributed by atoms with E-state index in [9.17, 15) is 14.0 Å². The molecule has 1 saturated heterocycles. The van der Waals surface area contributed by atoms with Crippen LogP contribution in [0, 0.1) is 5.82 Å². The Morgan fingerprint density at radius 3 is 2.65 bits per heavy atom. The van der Waals surface area contributed by atoms with E-state index in [4.69, 9.17) is 17.0 Å². The van der Waals surface area contributed by atoms with E-state index >= 15 is 0 Å². The second kappa shape index (κ2) is 7.80. The number of nitrogens with zero attached hydrogens (tertiary/aromatic N) is 1. The van der Waals surface area contributed by atoms with Crippen LogP contribution in [0.5, 0.6) is 0 Å². The largest absolute Gasteiger partial charge is 0.462 e. The fourth-order valence-electron chi connectivity index (χ4n) is 2.40. The van der Waals surface area contributed by atoms with E-state index < -0.39 is 5.97 Å². The predicted octanol–water partition coefficient (Wildman–Crippen LogP) is 4.41.